The number of carboxylic acids is 1. The van der Waals surface area contributed by atoms with Gasteiger partial charge in [0.05, 0.1) is 25.2 Å². The van der Waals surface area contributed by atoms with Gasteiger partial charge in [-0.2, -0.15) is 0 Å². The van der Waals surface area contributed by atoms with Crippen LogP contribution in [0, 0.1) is 16.7 Å². The summed E-state index contributed by atoms with van der Waals surface area (Å²) in [7, 11) is 1.62. The van der Waals surface area contributed by atoms with E-state index >= 15 is 0 Å². The van der Waals surface area contributed by atoms with Crippen LogP contribution in [0.25, 0.3) is 0 Å². The highest BCUT2D eigenvalue weighted by Crippen LogP contribution is 2.35. The highest BCUT2D eigenvalue weighted by molar-refractivity contribution is 6.67. The van der Waals surface area contributed by atoms with Crippen LogP contribution in [0.1, 0.15) is 59.9 Å². The second-order valence-electron chi connectivity index (χ2n) is 10.4. The van der Waals surface area contributed by atoms with Gasteiger partial charge in [-0.25, -0.2) is 4.79 Å². The molecule has 1 rings (SSSR count). The summed E-state index contributed by atoms with van der Waals surface area (Å²) in [5.41, 5.74) is -0.533. The minimum atomic E-state index is -1.80. The Bertz CT molecular complexity index is 814. The van der Waals surface area contributed by atoms with Gasteiger partial charge in [0.2, 0.25) is 3.79 Å². The molecule has 0 heterocycles. The number of carbonyl (C=O) groups is 2. The number of carboxylic acid groups (broad SMARTS) is 1. The first-order valence-corrected chi connectivity index (χ1v) is 12.5. The highest BCUT2D eigenvalue weighted by atomic mass is 35.6. The van der Waals surface area contributed by atoms with Gasteiger partial charge in [-0.05, 0) is 55.7 Å². The topological polar surface area (TPSA) is 91.3 Å². The molecule has 0 aliphatic heterocycles. The van der Waals surface area contributed by atoms with Crippen LogP contribution < -0.4 is 4.74 Å². The SMILES string of the molecule is COc1ccc(CO[C@@H](C[C@H](C)C[C@H](OC(=O)OCC(Cl)(Cl)Cl)C(C)(C)C(=O)O)C(C)(C)C)cc1. The maximum absolute atomic E-state index is 12.2. The number of hydrogen-bond acceptors (Lipinski definition) is 6. The lowest BCUT2D eigenvalue weighted by Gasteiger charge is -2.35. The van der Waals surface area contributed by atoms with Gasteiger partial charge >= 0.3 is 12.1 Å². The van der Waals surface area contributed by atoms with Crippen LogP contribution in [0.3, 0.4) is 0 Å². The lowest BCUT2D eigenvalue weighted by atomic mass is 9.78. The van der Waals surface area contributed by atoms with E-state index in [0.29, 0.717) is 13.0 Å². The van der Waals surface area contributed by atoms with Gasteiger partial charge in [-0.1, -0.05) is 74.6 Å². The second-order valence-corrected chi connectivity index (χ2v) is 12.9. The van der Waals surface area contributed by atoms with Crippen molar-refractivity contribution < 1.29 is 33.6 Å². The molecule has 200 valence electrons. The summed E-state index contributed by atoms with van der Waals surface area (Å²) in [6.07, 6.45) is -1.30. The Hall–Kier alpha value is -1.41. The van der Waals surface area contributed by atoms with Crippen molar-refractivity contribution in [3.63, 3.8) is 0 Å². The first kappa shape index (κ1) is 31.6. The van der Waals surface area contributed by atoms with Crippen LogP contribution in [0.15, 0.2) is 24.3 Å². The Kier molecular flexibility index (Phi) is 11.9. The number of rotatable bonds is 12. The van der Waals surface area contributed by atoms with Crippen molar-refractivity contribution in [2.45, 2.75) is 77.0 Å². The Labute approximate surface area is 223 Å². The normalized spacial score (nSPS) is 15.1. The molecular weight excluding hydrogens is 519 g/mol. The molecule has 0 radical (unpaired) electrons. The number of carbonyl (C=O) groups excluding carboxylic acids is 1. The predicted octanol–water partition coefficient (Wildman–Crippen LogP) is 7.05. The van der Waals surface area contributed by atoms with E-state index in [1.54, 1.807) is 7.11 Å². The molecule has 0 aliphatic rings. The van der Waals surface area contributed by atoms with E-state index in [9.17, 15) is 14.7 Å². The zero-order chi connectivity index (χ0) is 27.0. The van der Waals surface area contributed by atoms with Crippen molar-refractivity contribution in [3.8, 4) is 5.75 Å². The zero-order valence-electron chi connectivity index (χ0n) is 21.4. The van der Waals surface area contributed by atoms with E-state index in [0.717, 1.165) is 11.3 Å². The molecule has 0 aliphatic carbocycles. The molecule has 1 aromatic carbocycles. The molecule has 0 bridgehead atoms. The minimum Gasteiger partial charge on any atom is -0.497 e. The molecule has 3 atom stereocenters. The lowest BCUT2D eigenvalue weighted by molar-refractivity contribution is -0.155. The third kappa shape index (κ3) is 11.5. The van der Waals surface area contributed by atoms with Crippen LogP contribution >= 0.6 is 34.8 Å². The molecule has 0 aromatic heterocycles. The van der Waals surface area contributed by atoms with Gasteiger partial charge in [-0.15, -0.1) is 0 Å². The van der Waals surface area contributed by atoms with Crippen LogP contribution in [0.4, 0.5) is 4.79 Å². The maximum Gasteiger partial charge on any atom is 0.508 e. The Morgan fingerprint density at radius 1 is 0.971 bits per heavy atom. The highest BCUT2D eigenvalue weighted by Gasteiger charge is 2.42. The lowest BCUT2D eigenvalue weighted by Crippen LogP contribution is -2.42. The number of halogens is 3. The Morgan fingerprint density at radius 2 is 1.51 bits per heavy atom. The van der Waals surface area contributed by atoms with Gasteiger partial charge in [0.15, 0.2) is 0 Å². The van der Waals surface area contributed by atoms with E-state index in [4.69, 9.17) is 53.8 Å². The summed E-state index contributed by atoms with van der Waals surface area (Å²) < 4.78 is 19.9. The molecule has 0 saturated carbocycles. The van der Waals surface area contributed by atoms with Crippen molar-refractivity contribution in [2.24, 2.45) is 16.7 Å². The van der Waals surface area contributed by atoms with Crippen molar-refractivity contribution in [2.75, 3.05) is 13.7 Å². The zero-order valence-corrected chi connectivity index (χ0v) is 23.7. The fourth-order valence-corrected chi connectivity index (χ4v) is 3.50. The number of hydrogen-bond donors (Lipinski definition) is 1. The smallest absolute Gasteiger partial charge is 0.497 e. The fraction of sp³-hybridized carbons (Fsp3) is 0.680. The van der Waals surface area contributed by atoms with Gasteiger partial charge < -0.3 is 24.1 Å². The molecule has 0 fully saturated rings. The van der Waals surface area contributed by atoms with Crippen molar-refractivity contribution in [1.82, 2.24) is 0 Å². The van der Waals surface area contributed by atoms with Crippen molar-refractivity contribution >= 4 is 46.9 Å². The molecule has 1 N–H and O–H groups in total. The van der Waals surface area contributed by atoms with E-state index < -0.39 is 34.0 Å². The number of ether oxygens (including phenoxy) is 4. The summed E-state index contributed by atoms with van der Waals surface area (Å²) in [5, 5.41) is 9.73. The standard InChI is InChI=1S/C25H37Cl3O7/c1-16(12-19(23(2,3)4)33-14-17-8-10-18(32-7)11-9-17)13-20(24(5,6)21(29)30)35-22(31)34-15-25(26,27)28/h8-11,16,19-20H,12-15H2,1-7H3,(H,29,30)/t16-,19-,20-/m0/s1. The average Bonchev–Trinajstić information content (AvgIpc) is 2.73. The molecule has 10 heteroatoms. The van der Waals surface area contributed by atoms with Crippen LogP contribution in [-0.4, -0.2) is 46.9 Å². The van der Waals surface area contributed by atoms with Crippen molar-refractivity contribution in [1.29, 1.82) is 0 Å². The predicted molar refractivity (Wildman–Crippen MR) is 137 cm³/mol. The Balaban J connectivity index is 2.90. The van der Waals surface area contributed by atoms with Crippen molar-refractivity contribution in [3.05, 3.63) is 29.8 Å². The third-order valence-corrected chi connectivity index (χ3v) is 6.08. The van der Waals surface area contributed by atoms with Gasteiger partial charge in [-0.3, -0.25) is 4.79 Å². The summed E-state index contributed by atoms with van der Waals surface area (Å²) in [6, 6.07) is 7.66. The van der Waals surface area contributed by atoms with E-state index in [1.807, 2.05) is 31.2 Å². The average molecular weight is 556 g/mol. The molecule has 35 heavy (non-hydrogen) atoms. The van der Waals surface area contributed by atoms with E-state index in [2.05, 4.69) is 20.8 Å². The van der Waals surface area contributed by atoms with Crippen LogP contribution in [0.2, 0.25) is 0 Å². The first-order chi connectivity index (χ1) is 16.0. The Morgan fingerprint density at radius 3 is 1.97 bits per heavy atom. The van der Waals surface area contributed by atoms with Crippen LogP contribution in [-0.2, 0) is 25.6 Å². The first-order valence-electron chi connectivity index (χ1n) is 11.3. The van der Waals surface area contributed by atoms with Crippen LogP contribution in [0.5, 0.6) is 5.75 Å². The fourth-order valence-electron chi connectivity index (χ4n) is 3.34. The summed E-state index contributed by atoms with van der Waals surface area (Å²) in [6.45, 7) is 11.1. The van der Waals surface area contributed by atoms with Gasteiger partial charge in [0, 0.05) is 0 Å². The third-order valence-electron chi connectivity index (χ3n) is 5.76. The second kappa shape index (κ2) is 13.2. The monoisotopic (exact) mass is 554 g/mol. The molecule has 1 aromatic rings. The summed E-state index contributed by atoms with van der Waals surface area (Å²) in [5.74, 6) is -0.374. The van der Waals surface area contributed by atoms with E-state index in [1.165, 1.54) is 13.8 Å². The van der Waals surface area contributed by atoms with Gasteiger partial charge in [0.25, 0.3) is 0 Å². The molecule has 0 spiro atoms. The number of benzene rings is 1. The van der Waals surface area contributed by atoms with E-state index in [-0.39, 0.29) is 23.9 Å². The summed E-state index contributed by atoms with van der Waals surface area (Å²) >= 11 is 16.8. The largest absolute Gasteiger partial charge is 0.508 e. The molecule has 7 nitrogen and oxygen atoms in total. The number of alkyl halides is 3. The summed E-state index contributed by atoms with van der Waals surface area (Å²) in [4.78, 5) is 24.1. The molecular formula is C25H37Cl3O7. The molecule has 0 unspecified atom stereocenters. The molecule has 0 amide bonds. The quantitative estimate of drug-likeness (QED) is 0.218. The minimum absolute atomic E-state index is 0.0420. The number of aliphatic carboxylic acids is 1. The van der Waals surface area contributed by atoms with Gasteiger partial charge in [0.1, 0.15) is 18.5 Å². The molecule has 0 saturated heterocycles. The maximum atomic E-state index is 12.2. The number of methoxy groups -OCH3 is 1.